The molecule has 2 aliphatic heterocycles. The maximum absolute atomic E-state index is 13.9. The molecule has 0 spiro atoms. The Hall–Kier alpha value is -1.69. The molecule has 0 saturated carbocycles. The first kappa shape index (κ1) is 13.3. The van der Waals surface area contributed by atoms with Crippen LogP contribution in [0.3, 0.4) is 0 Å². The number of alkyl halides is 1. The first-order valence-corrected chi connectivity index (χ1v) is 6.48. The lowest BCUT2D eigenvalue weighted by atomic mass is 10.2. The zero-order valence-corrected chi connectivity index (χ0v) is 11.3. The van der Waals surface area contributed by atoms with Crippen molar-refractivity contribution in [2.75, 3.05) is 18.5 Å². The highest BCUT2D eigenvalue weighted by atomic mass is 35.5. The van der Waals surface area contributed by atoms with Gasteiger partial charge in [0.05, 0.1) is 5.69 Å². The van der Waals surface area contributed by atoms with Gasteiger partial charge in [-0.05, 0) is 18.6 Å². The fraction of sp³-hybridized carbons (Fsp3) is 0.308. The molecule has 2 heterocycles. The number of benzene rings is 1. The quantitative estimate of drug-likeness (QED) is 0.451. The Kier molecular flexibility index (Phi) is 3.12. The monoisotopic (exact) mass is 301 g/mol. The fourth-order valence-electron chi connectivity index (χ4n) is 2.47. The predicted octanol–water partition coefficient (Wildman–Crippen LogP) is 3.06. The summed E-state index contributed by atoms with van der Waals surface area (Å²) in [4.78, 5) is 7.35. The molecule has 1 atom stereocenters. The lowest BCUT2D eigenvalue weighted by molar-refractivity contribution is 0.379. The van der Waals surface area contributed by atoms with E-state index in [2.05, 4.69) is 4.99 Å². The Morgan fingerprint density at radius 2 is 2.00 bits per heavy atom. The van der Waals surface area contributed by atoms with Crippen molar-refractivity contribution in [1.82, 2.24) is 4.90 Å². The third-order valence-corrected chi connectivity index (χ3v) is 3.87. The maximum Gasteiger partial charge on any atom is 0.198 e. The van der Waals surface area contributed by atoms with E-state index >= 15 is 0 Å². The molecule has 1 aromatic rings. The summed E-state index contributed by atoms with van der Waals surface area (Å²) < 4.78 is 40.3. The largest absolute Gasteiger partial charge is 0.326 e. The van der Waals surface area contributed by atoms with Gasteiger partial charge in [-0.25, -0.2) is 13.2 Å². The molecule has 3 rings (SSSR count). The Morgan fingerprint density at radius 1 is 1.25 bits per heavy atom. The second kappa shape index (κ2) is 4.70. The van der Waals surface area contributed by atoms with Gasteiger partial charge in [-0.15, -0.1) is 0 Å². The van der Waals surface area contributed by atoms with Crippen molar-refractivity contribution >= 4 is 23.5 Å². The molecule has 7 heteroatoms. The van der Waals surface area contributed by atoms with Gasteiger partial charge < -0.3 is 9.80 Å². The van der Waals surface area contributed by atoms with Crippen molar-refractivity contribution in [2.45, 2.75) is 12.0 Å². The minimum Gasteiger partial charge on any atom is -0.326 e. The molecule has 3 nitrogen and oxygen atoms in total. The first-order valence-electron chi connectivity index (χ1n) is 6.05. The summed E-state index contributed by atoms with van der Waals surface area (Å²) in [5.74, 6) is -3.19. The third-order valence-electron chi connectivity index (χ3n) is 3.46. The van der Waals surface area contributed by atoms with Gasteiger partial charge in [0.15, 0.2) is 23.1 Å². The Bertz CT molecular complexity index is 630. The zero-order chi connectivity index (χ0) is 14.4. The second-order valence-corrected chi connectivity index (χ2v) is 5.04. The number of rotatable bonds is 1. The molecule has 0 N–H and O–H groups in total. The van der Waals surface area contributed by atoms with E-state index in [4.69, 9.17) is 11.6 Å². The average molecular weight is 302 g/mol. The standard InChI is InChI=1S/C13H11ClF3N3/c1-19-12-7(6-18-13(19)14)4-5-20(12)9-3-2-8(15)10(16)11(9)17/h2-3,6,13H,4-5H2,1H3. The molecule has 0 saturated heterocycles. The molecule has 0 aromatic heterocycles. The first-order chi connectivity index (χ1) is 9.50. The highest BCUT2D eigenvalue weighted by Crippen LogP contribution is 2.36. The van der Waals surface area contributed by atoms with Gasteiger partial charge in [0.25, 0.3) is 0 Å². The number of anilines is 1. The number of hydrogen-bond acceptors (Lipinski definition) is 3. The van der Waals surface area contributed by atoms with Crippen LogP contribution in [0.4, 0.5) is 18.9 Å². The van der Waals surface area contributed by atoms with E-state index in [1.54, 1.807) is 23.1 Å². The molecule has 0 bridgehead atoms. The molecule has 106 valence electrons. The summed E-state index contributed by atoms with van der Waals surface area (Å²) in [6, 6.07) is 2.15. The van der Waals surface area contributed by atoms with Crippen LogP contribution < -0.4 is 4.90 Å². The molecular weight excluding hydrogens is 291 g/mol. The molecule has 2 aliphatic rings. The SMILES string of the molecule is CN1C2=C(C=NC1Cl)CCN2c1ccc(F)c(F)c1F. The van der Waals surface area contributed by atoms with Crippen LogP contribution in [0.5, 0.6) is 0 Å². The minimum absolute atomic E-state index is 0.0000772. The van der Waals surface area contributed by atoms with Gasteiger partial charge in [-0.1, -0.05) is 11.6 Å². The van der Waals surface area contributed by atoms with E-state index < -0.39 is 23.1 Å². The van der Waals surface area contributed by atoms with Gasteiger partial charge in [0.2, 0.25) is 0 Å². The summed E-state index contributed by atoms with van der Waals surface area (Å²) in [5, 5.41) is 0. The van der Waals surface area contributed by atoms with E-state index in [1.807, 2.05) is 0 Å². The van der Waals surface area contributed by atoms with Crippen LogP contribution in [-0.4, -0.2) is 30.3 Å². The lowest BCUT2D eigenvalue weighted by Crippen LogP contribution is -2.36. The van der Waals surface area contributed by atoms with Crippen LogP contribution >= 0.6 is 11.6 Å². The van der Waals surface area contributed by atoms with Crippen molar-refractivity contribution in [2.24, 2.45) is 4.99 Å². The fourth-order valence-corrected chi connectivity index (χ4v) is 2.62. The smallest absolute Gasteiger partial charge is 0.198 e. The summed E-state index contributed by atoms with van der Waals surface area (Å²) >= 11 is 6.02. The summed E-state index contributed by atoms with van der Waals surface area (Å²) in [7, 11) is 1.72. The second-order valence-electron chi connectivity index (χ2n) is 4.64. The lowest BCUT2D eigenvalue weighted by Gasteiger charge is -2.33. The van der Waals surface area contributed by atoms with Crippen LogP contribution in [0.2, 0.25) is 0 Å². The molecule has 0 aliphatic carbocycles. The van der Waals surface area contributed by atoms with Crippen LogP contribution in [0.15, 0.2) is 28.5 Å². The molecule has 0 fully saturated rings. The molecule has 0 amide bonds. The maximum atomic E-state index is 13.9. The average Bonchev–Trinajstić information content (AvgIpc) is 2.85. The number of hydrogen-bond donors (Lipinski definition) is 0. The number of nitrogens with zero attached hydrogens (tertiary/aromatic N) is 3. The van der Waals surface area contributed by atoms with Gasteiger partial charge >= 0.3 is 0 Å². The molecule has 1 aromatic carbocycles. The van der Waals surface area contributed by atoms with Crippen LogP contribution in [0.1, 0.15) is 6.42 Å². The number of aliphatic imine (C=N–C) groups is 1. The van der Waals surface area contributed by atoms with E-state index in [0.29, 0.717) is 18.8 Å². The third kappa shape index (κ3) is 1.86. The van der Waals surface area contributed by atoms with Crippen molar-refractivity contribution in [3.63, 3.8) is 0 Å². The summed E-state index contributed by atoms with van der Waals surface area (Å²) in [5.41, 5.74) is 0.302. The van der Waals surface area contributed by atoms with Crippen LogP contribution in [0, 0.1) is 17.5 Å². The van der Waals surface area contributed by atoms with Gasteiger partial charge in [0, 0.05) is 25.4 Å². The highest BCUT2D eigenvalue weighted by molar-refractivity contribution is 6.21. The van der Waals surface area contributed by atoms with E-state index in [9.17, 15) is 13.2 Å². The van der Waals surface area contributed by atoms with E-state index in [0.717, 1.165) is 11.6 Å². The highest BCUT2D eigenvalue weighted by Gasteiger charge is 2.33. The van der Waals surface area contributed by atoms with Crippen molar-refractivity contribution in [3.05, 3.63) is 41.0 Å². The molecule has 1 unspecified atom stereocenters. The normalized spacial score (nSPS) is 21.8. The van der Waals surface area contributed by atoms with Crippen LogP contribution in [-0.2, 0) is 0 Å². The van der Waals surface area contributed by atoms with Crippen molar-refractivity contribution < 1.29 is 13.2 Å². The number of halogens is 4. The zero-order valence-electron chi connectivity index (χ0n) is 10.6. The van der Waals surface area contributed by atoms with E-state index in [-0.39, 0.29) is 5.69 Å². The topological polar surface area (TPSA) is 18.8 Å². The Morgan fingerprint density at radius 3 is 2.75 bits per heavy atom. The summed E-state index contributed by atoms with van der Waals surface area (Å²) in [6.45, 7) is 0.465. The molecular formula is C13H11ClF3N3. The predicted molar refractivity (Wildman–Crippen MR) is 71.2 cm³/mol. The summed E-state index contributed by atoms with van der Waals surface area (Å²) in [6.07, 6.45) is 2.29. The molecule has 20 heavy (non-hydrogen) atoms. The Balaban J connectivity index is 2.06. The Labute approximate surface area is 118 Å². The minimum atomic E-state index is -1.47. The van der Waals surface area contributed by atoms with Crippen molar-refractivity contribution in [3.8, 4) is 0 Å². The van der Waals surface area contributed by atoms with Gasteiger partial charge in [-0.3, -0.25) is 4.99 Å². The van der Waals surface area contributed by atoms with Crippen LogP contribution in [0.25, 0.3) is 0 Å². The van der Waals surface area contributed by atoms with Gasteiger partial charge in [0.1, 0.15) is 5.82 Å². The van der Waals surface area contributed by atoms with Gasteiger partial charge in [-0.2, -0.15) is 0 Å². The molecule has 0 radical (unpaired) electrons. The van der Waals surface area contributed by atoms with E-state index in [1.165, 1.54) is 6.07 Å². The van der Waals surface area contributed by atoms with Crippen molar-refractivity contribution in [1.29, 1.82) is 0 Å².